The molecule has 1 aromatic heterocycles. The highest BCUT2D eigenvalue weighted by atomic mass is 16.5. The summed E-state index contributed by atoms with van der Waals surface area (Å²) in [6.07, 6.45) is 3.44. The molecule has 0 spiro atoms. The summed E-state index contributed by atoms with van der Waals surface area (Å²) in [5.74, 6) is 1.71. The summed E-state index contributed by atoms with van der Waals surface area (Å²) in [5.41, 5.74) is 2.39. The second kappa shape index (κ2) is 4.13. The molecule has 0 unspecified atom stereocenters. The second-order valence-corrected chi connectivity index (χ2v) is 3.55. The summed E-state index contributed by atoms with van der Waals surface area (Å²) in [6, 6.07) is 9.84. The largest absolute Gasteiger partial charge is 0.457 e. The summed E-state index contributed by atoms with van der Waals surface area (Å²) in [5, 5.41) is 0. The molecule has 0 saturated carbocycles. The lowest BCUT2D eigenvalue weighted by molar-refractivity contribution is 0.478. The quantitative estimate of drug-likeness (QED) is 0.738. The Morgan fingerprint density at radius 2 is 1.73 bits per heavy atom. The topological polar surface area (TPSA) is 22.1 Å². The number of ether oxygens (including phenoxy) is 1. The van der Waals surface area contributed by atoms with Crippen molar-refractivity contribution < 1.29 is 4.74 Å². The van der Waals surface area contributed by atoms with Gasteiger partial charge in [-0.15, -0.1) is 0 Å². The molecule has 1 aromatic carbocycles. The van der Waals surface area contributed by atoms with E-state index in [2.05, 4.69) is 18.0 Å². The van der Waals surface area contributed by atoms with Gasteiger partial charge in [-0.05, 0) is 37.6 Å². The van der Waals surface area contributed by atoms with Gasteiger partial charge in [0.2, 0.25) is 0 Å². The Balaban J connectivity index is 2.25. The number of rotatable bonds is 2. The number of hydrogen-bond acceptors (Lipinski definition) is 2. The van der Waals surface area contributed by atoms with Gasteiger partial charge in [-0.25, -0.2) is 0 Å². The molecule has 0 aliphatic rings. The van der Waals surface area contributed by atoms with Crippen LogP contribution in [0.1, 0.15) is 11.1 Å². The van der Waals surface area contributed by atoms with Crippen LogP contribution < -0.4 is 4.74 Å². The van der Waals surface area contributed by atoms with E-state index in [4.69, 9.17) is 4.74 Å². The number of aryl methyl sites for hydroxylation is 2. The molecule has 0 N–H and O–H groups in total. The zero-order valence-electron chi connectivity index (χ0n) is 8.90. The maximum absolute atomic E-state index is 5.72. The van der Waals surface area contributed by atoms with E-state index in [-0.39, 0.29) is 0 Å². The number of hydrogen-bond donors (Lipinski definition) is 0. The third-order valence-electron chi connectivity index (χ3n) is 2.21. The third kappa shape index (κ3) is 2.34. The average Bonchev–Trinajstić information content (AvgIpc) is 2.24. The Morgan fingerprint density at radius 1 is 1.00 bits per heavy atom. The lowest BCUT2D eigenvalue weighted by atomic mass is 10.1. The van der Waals surface area contributed by atoms with Gasteiger partial charge in [-0.3, -0.25) is 4.98 Å². The first-order valence-electron chi connectivity index (χ1n) is 4.91. The van der Waals surface area contributed by atoms with Crippen LogP contribution in [0.15, 0.2) is 42.7 Å². The zero-order valence-corrected chi connectivity index (χ0v) is 8.90. The van der Waals surface area contributed by atoms with Crippen molar-refractivity contribution in [1.82, 2.24) is 4.98 Å². The Morgan fingerprint density at radius 3 is 2.40 bits per heavy atom. The van der Waals surface area contributed by atoms with E-state index >= 15 is 0 Å². The smallest absolute Gasteiger partial charge is 0.130 e. The van der Waals surface area contributed by atoms with Gasteiger partial charge < -0.3 is 4.74 Å². The molecule has 1 heterocycles. The first kappa shape index (κ1) is 9.71. The van der Waals surface area contributed by atoms with Crippen molar-refractivity contribution in [3.8, 4) is 11.5 Å². The van der Waals surface area contributed by atoms with Gasteiger partial charge in [0.05, 0.1) is 0 Å². The highest BCUT2D eigenvalue weighted by Crippen LogP contribution is 2.24. The van der Waals surface area contributed by atoms with Crippen molar-refractivity contribution in [2.75, 3.05) is 0 Å². The van der Waals surface area contributed by atoms with Crippen molar-refractivity contribution in [2.24, 2.45) is 0 Å². The van der Waals surface area contributed by atoms with Gasteiger partial charge in [-0.2, -0.15) is 0 Å². The van der Waals surface area contributed by atoms with Crippen LogP contribution in [0.5, 0.6) is 11.5 Å². The van der Waals surface area contributed by atoms with Gasteiger partial charge in [0, 0.05) is 12.4 Å². The molecular formula is C13H13NO. The van der Waals surface area contributed by atoms with Crippen LogP contribution in [0.3, 0.4) is 0 Å². The molecule has 2 rings (SSSR count). The van der Waals surface area contributed by atoms with Gasteiger partial charge in [-0.1, -0.05) is 17.7 Å². The second-order valence-electron chi connectivity index (χ2n) is 3.55. The van der Waals surface area contributed by atoms with Gasteiger partial charge in [0.1, 0.15) is 11.5 Å². The first-order valence-corrected chi connectivity index (χ1v) is 4.91. The van der Waals surface area contributed by atoms with E-state index in [9.17, 15) is 0 Å². The minimum atomic E-state index is 0.817. The van der Waals surface area contributed by atoms with Gasteiger partial charge >= 0.3 is 0 Å². The van der Waals surface area contributed by atoms with Crippen molar-refractivity contribution >= 4 is 0 Å². The summed E-state index contributed by atoms with van der Waals surface area (Å²) in [4.78, 5) is 3.94. The molecule has 0 atom stereocenters. The number of benzene rings is 1. The van der Waals surface area contributed by atoms with Crippen LogP contribution in [0.2, 0.25) is 0 Å². The average molecular weight is 199 g/mol. The molecule has 2 aromatic rings. The third-order valence-corrected chi connectivity index (χ3v) is 2.21. The predicted octanol–water partition coefficient (Wildman–Crippen LogP) is 3.49. The summed E-state index contributed by atoms with van der Waals surface area (Å²) in [7, 11) is 0. The summed E-state index contributed by atoms with van der Waals surface area (Å²) in [6.45, 7) is 4.12. The SMILES string of the molecule is Cc1ccc(Oc2ccncc2)c(C)c1. The fourth-order valence-corrected chi connectivity index (χ4v) is 1.45. The number of nitrogens with zero attached hydrogens (tertiary/aromatic N) is 1. The molecule has 0 radical (unpaired) electrons. The van der Waals surface area contributed by atoms with Gasteiger partial charge in [0.25, 0.3) is 0 Å². The molecule has 0 saturated heterocycles. The molecule has 2 nitrogen and oxygen atoms in total. The summed E-state index contributed by atoms with van der Waals surface area (Å²) >= 11 is 0. The van der Waals surface area contributed by atoms with Crippen molar-refractivity contribution in [1.29, 1.82) is 0 Å². The molecular weight excluding hydrogens is 186 g/mol. The minimum Gasteiger partial charge on any atom is -0.457 e. The Hall–Kier alpha value is -1.83. The highest BCUT2D eigenvalue weighted by molar-refractivity contribution is 5.38. The fourth-order valence-electron chi connectivity index (χ4n) is 1.45. The van der Waals surface area contributed by atoms with Crippen LogP contribution >= 0.6 is 0 Å². The molecule has 15 heavy (non-hydrogen) atoms. The monoisotopic (exact) mass is 199 g/mol. The van der Waals surface area contributed by atoms with E-state index in [0.29, 0.717) is 0 Å². The Kier molecular flexibility index (Phi) is 2.68. The van der Waals surface area contributed by atoms with Crippen LogP contribution in [-0.2, 0) is 0 Å². The molecule has 0 amide bonds. The number of pyridine rings is 1. The minimum absolute atomic E-state index is 0.817. The first-order chi connectivity index (χ1) is 7.25. The zero-order chi connectivity index (χ0) is 10.7. The molecule has 0 aliphatic heterocycles. The highest BCUT2D eigenvalue weighted by Gasteiger charge is 2.00. The maximum atomic E-state index is 5.72. The van der Waals surface area contributed by atoms with E-state index in [1.54, 1.807) is 12.4 Å². The van der Waals surface area contributed by atoms with Crippen LogP contribution in [0.4, 0.5) is 0 Å². The predicted molar refractivity (Wildman–Crippen MR) is 60.2 cm³/mol. The maximum Gasteiger partial charge on any atom is 0.130 e. The standard InChI is InChI=1S/C13H13NO/c1-10-3-4-13(11(2)9-10)15-12-5-7-14-8-6-12/h3-9H,1-2H3. The molecule has 0 fully saturated rings. The Labute approximate surface area is 89.6 Å². The molecule has 76 valence electrons. The van der Waals surface area contributed by atoms with Crippen molar-refractivity contribution in [3.63, 3.8) is 0 Å². The fraction of sp³-hybridized carbons (Fsp3) is 0.154. The molecule has 0 bridgehead atoms. The Bertz CT molecular complexity index is 451. The van der Waals surface area contributed by atoms with Crippen LogP contribution in [0.25, 0.3) is 0 Å². The van der Waals surface area contributed by atoms with Crippen molar-refractivity contribution in [3.05, 3.63) is 53.9 Å². The lowest BCUT2D eigenvalue weighted by Gasteiger charge is -2.08. The molecule has 0 aliphatic carbocycles. The lowest BCUT2D eigenvalue weighted by Crippen LogP contribution is -1.88. The van der Waals surface area contributed by atoms with Crippen molar-refractivity contribution in [2.45, 2.75) is 13.8 Å². The van der Waals surface area contributed by atoms with E-state index in [1.165, 1.54) is 5.56 Å². The van der Waals surface area contributed by atoms with E-state index in [0.717, 1.165) is 17.1 Å². The van der Waals surface area contributed by atoms with Crippen LogP contribution in [-0.4, -0.2) is 4.98 Å². The molecule has 2 heteroatoms. The van der Waals surface area contributed by atoms with Crippen LogP contribution in [0, 0.1) is 13.8 Å². The summed E-state index contributed by atoms with van der Waals surface area (Å²) < 4.78 is 5.72. The van der Waals surface area contributed by atoms with E-state index < -0.39 is 0 Å². The van der Waals surface area contributed by atoms with Gasteiger partial charge in [0.15, 0.2) is 0 Å². The number of aromatic nitrogens is 1. The normalized spacial score (nSPS) is 10.0. The van der Waals surface area contributed by atoms with E-state index in [1.807, 2.05) is 31.2 Å².